The SMILES string of the molecule is NC1=N[C@@H](CCC(=O)O)[C@@H]2[NH+]=C(N)N[C@]23N1C[C@H](OC(=O)c1ccccc1)C3(O)O. The quantitative estimate of drug-likeness (QED) is 0.182. The largest absolute Gasteiger partial charge is 0.481 e. The summed E-state index contributed by atoms with van der Waals surface area (Å²) in [6.45, 7) is -0.162. The van der Waals surface area contributed by atoms with E-state index in [0.29, 0.717) is 0 Å². The number of ether oxygens (including phenoxy) is 1. The van der Waals surface area contributed by atoms with Gasteiger partial charge in [-0.25, -0.2) is 15.1 Å². The summed E-state index contributed by atoms with van der Waals surface area (Å²) >= 11 is 0. The number of aliphatic imine (C=N–C) groups is 1. The normalized spacial score (nSPS) is 31.1. The molecule has 160 valence electrons. The van der Waals surface area contributed by atoms with Crippen molar-refractivity contribution < 1.29 is 34.6 Å². The van der Waals surface area contributed by atoms with Crippen molar-refractivity contribution in [3.05, 3.63) is 35.9 Å². The molecule has 1 aromatic rings. The van der Waals surface area contributed by atoms with Crippen molar-refractivity contribution >= 4 is 23.9 Å². The van der Waals surface area contributed by atoms with E-state index in [1.54, 1.807) is 30.3 Å². The van der Waals surface area contributed by atoms with Gasteiger partial charge < -0.3 is 25.8 Å². The number of esters is 1. The Morgan fingerprint density at radius 2 is 2.00 bits per heavy atom. The van der Waals surface area contributed by atoms with Gasteiger partial charge in [-0.05, 0) is 18.6 Å². The van der Waals surface area contributed by atoms with E-state index in [2.05, 4.69) is 15.3 Å². The van der Waals surface area contributed by atoms with Gasteiger partial charge in [0.2, 0.25) is 0 Å². The zero-order chi connectivity index (χ0) is 21.7. The van der Waals surface area contributed by atoms with Gasteiger partial charge in [0.1, 0.15) is 0 Å². The topological polar surface area (TPSA) is 198 Å². The van der Waals surface area contributed by atoms with Crippen LogP contribution >= 0.6 is 0 Å². The van der Waals surface area contributed by atoms with Crippen LogP contribution in [0.1, 0.15) is 23.2 Å². The number of carboxylic acid groups (broad SMARTS) is 1. The maximum Gasteiger partial charge on any atom is 0.343 e. The predicted octanol–water partition coefficient (Wildman–Crippen LogP) is -4.17. The van der Waals surface area contributed by atoms with Gasteiger partial charge >= 0.3 is 17.9 Å². The Kier molecular flexibility index (Phi) is 4.55. The number of carbonyl (C=O) groups is 2. The van der Waals surface area contributed by atoms with E-state index in [0.717, 1.165) is 0 Å². The van der Waals surface area contributed by atoms with E-state index in [1.807, 2.05) is 0 Å². The van der Waals surface area contributed by atoms with Gasteiger partial charge in [-0.3, -0.25) is 20.4 Å². The summed E-state index contributed by atoms with van der Waals surface area (Å²) in [6.07, 6.45) is -1.51. The van der Waals surface area contributed by atoms with Crippen LogP contribution in [0.15, 0.2) is 35.3 Å². The Balaban J connectivity index is 1.67. The van der Waals surface area contributed by atoms with Gasteiger partial charge in [-0.15, -0.1) is 0 Å². The molecule has 12 nitrogen and oxygen atoms in total. The van der Waals surface area contributed by atoms with Crippen LogP contribution in [0.25, 0.3) is 0 Å². The molecule has 4 atom stereocenters. The van der Waals surface area contributed by atoms with E-state index in [4.69, 9.17) is 21.3 Å². The Labute approximate surface area is 170 Å². The summed E-state index contributed by atoms with van der Waals surface area (Å²) in [6, 6.07) is 6.59. The molecule has 0 unspecified atom stereocenters. The van der Waals surface area contributed by atoms with Crippen LogP contribution in [0, 0.1) is 0 Å². The molecule has 9 N–H and O–H groups in total. The predicted molar refractivity (Wildman–Crippen MR) is 102 cm³/mol. The van der Waals surface area contributed by atoms with Gasteiger partial charge in [-0.2, -0.15) is 0 Å². The Morgan fingerprint density at radius 1 is 1.30 bits per heavy atom. The smallest absolute Gasteiger partial charge is 0.343 e. The highest BCUT2D eigenvalue weighted by Crippen LogP contribution is 2.43. The molecule has 1 saturated heterocycles. The molecule has 3 aliphatic heterocycles. The Bertz CT molecular complexity index is 934. The number of aliphatic hydroxyl groups is 2. The second kappa shape index (κ2) is 6.85. The minimum absolute atomic E-state index is 0.0396. The van der Waals surface area contributed by atoms with Crippen molar-refractivity contribution in [1.29, 1.82) is 0 Å². The molecule has 3 aliphatic rings. The third kappa shape index (κ3) is 2.83. The molecule has 0 aromatic heterocycles. The molecule has 1 aromatic carbocycles. The average Bonchev–Trinajstić information content (AvgIpc) is 3.16. The van der Waals surface area contributed by atoms with Gasteiger partial charge in [0.25, 0.3) is 11.4 Å². The van der Waals surface area contributed by atoms with E-state index < -0.39 is 41.6 Å². The van der Waals surface area contributed by atoms with Crippen LogP contribution < -0.4 is 21.8 Å². The summed E-state index contributed by atoms with van der Waals surface area (Å²) in [5.74, 6) is -4.39. The molecule has 0 saturated carbocycles. The lowest BCUT2D eigenvalue weighted by atomic mass is 9.84. The van der Waals surface area contributed by atoms with Gasteiger partial charge in [0.15, 0.2) is 18.1 Å². The molecule has 0 bridgehead atoms. The number of nitrogens with one attached hydrogen (secondary N) is 2. The lowest BCUT2D eigenvalue weighted by Gasteiger charge is -2.45. The number of nitrogens with zero attached hydrogens (tertiary/aromatic N) is 2. The van der Waals surface area contributed by atoms with Gasteiger partial charge in [-0.1, -0.05) is 18.2 Å². The summed E-state index contributed by atoms with van der Waals surface area (Å²) < 4.78 is 5.42. The molecular weight excluding hydrogens is 396 g/mol. The number of hydrogen-bond acceptors (Lipinski definition) is 10. The number of carboxylic acids is 1. The number of benzene rings is 1. The van der Waals surface area contributed by atoms with Crippen LogP contribution in [0.3, 0.4) is 0 Å². The number of nitrogens with two attached hydrogens (primary N) is 2. The minimum atomic E-state index is -2.63. The lowest BCUT2D eigenvalue weighted by Crippen LogP contribution is -2.89. The first-order valence-electron chi connectivity index (χ1n) is 9.37. The number of guanidine groups is 2. The first-order valence-corrected chi connectivity index (χ1v) is 9.37. The minimum Gasteiger partial charge on any atom is -0.481 e. The summed E-state index contributed by atoms with van der Waals surface area (Å²) in [5, 5.41) is 34.2. The van der Waals surface area contributed by atoms with E-state index in [1.165, 1.54) is 4.90 Å². The van der Waals surface area contributed by atoms with E-state index >= 15 is 0 Å². The molecule has 1 fully saturated rings. The monoisotopic (exact) mass is 419 g/mol. The van der Waals surface area contributed by atoms with Crippen LogP contribution in [-0.4, -0.2) is 80.3 Å². The van der Waals surface area contributed by atoms with Crippen LogP contribution in [0.4, 0.5) is 0 Å². The van der Waals surface area contributed by atoms with Crippen LogP contribution in [-0.2, 0) is 9.53 Å². The van der Waals surface area contributed by atoms with Crippen molar-refractivity contribution in [1.82, 2.24) is 10.2 Å². The van der Waals surface area contributed by atoms with E-state index in [9.17, 15) is 19.8 Å². The zero-order valence-electron chi connectivity index (χ0n) is 15.9. The second-order valence-electron chi connectivity index (χ2n) is 7.51. The maximum absolute atomic E-state index is 12.5. The molecule has 1 spiro atoms. The van der Waals surface area contributed by atoms with Gasteiger partial charge in [0, 0.05) is 6.42 Å². The molecular formula is C18H23N6O6+. The molecule has 3 heterocycles. The number of hydrogen-bond donors (Lipinski definition) is 7. The second-order valence-corrected chi connectivity index (χ2v) is 7.51. The third-order valence-electron chi connectivity index (χ3n) is 5.74. The summed E-state index contributed by atoms with van der Waals surface area (Å²) in [7, 11) is 0. The Morgan fingerprint density at radius 3 is 2.67 bits per heavy atom. The Hall–Kier alpha value is -3.38. The highest BCUT2D eigenvalue weighted by atomic mass is 16.6. The average molecular weight is 419 g/mol. The number of rotatable bonds is 5. The maximum atomic E-state index is 12.5. The standard InChI is InChI=1S/C18H22N6O6/c19-15-22-13-10(6-7-12(25)26)21-16(20)24-8-11(18(28,29)17(13,24)23-15)30-14(27)9-4-2-1-3-5-9/h1-5,10-11,13,28-29H,6-8H2,(H2,20,21)(H,25,26)(H3,19,22,23)/p+1/t10-,11-,13-,17-/m0/s1. The number of carbonyl (C=O) groups excluding carboxylic acids is 1. The highest BCUT2D eigenvalue weighted by Gasteiger charge is 2.77. The molecule has 4 rings (SSSR count). The fourth-order valence-electron chi connectivity index (χ4n) is 4.38. The first kappa shape index (κ1) is 19.9. The first-order chi connectivity index (χ1) is 14.2. The number of aliphatic carboxylic acids is 1. The van der Waals surface area contributed by atoms with Crippen LogP contribution in [0.5, 0.6) is 0 Å². The van der Waals surface area contributed by atoms with Crippen LogP contribution in [0.2, 0.25) is 0 Å². The fraction of sp³-hybridized carbons (Fsp3) is 0.444. The van der Waals surface area contributed by atoms with Crippen molar-refractivity contribution in [2.24, 2.45) is 16.5 Å². The lowest BCUT2D eigenvalue weighted by molar-refractivity contribution is -0.522. The molecule has 0 aliphatic carbocycles. The molecule has 0 amide bonds. The van der Waals surface area contributed by atoms with Crippen molar-refractivity contribution in [2.45, 2.75) is 42.5 Å². The van der Waals surface area contributed by atoms with Gasteiger partial charge in [0.05, 0.1) is 18.2 Å². The summed E-state index contributed by atoms with van der Waals surface area (Å²) in [5.41, 5.74) is 10.5. The van der Waals surface area contributed by atoms with Crippen molar-refractivity contribution in [3.63, 3.8) is 0 Å². The highest BCUT2D eigenvalue weighted by molar-refractivity contribution is 5.90. The van der Waals surface area contributed by atoms with Crippen molar-refractivity contribution in [3.8, 4) is 0 Å². The van der Waals surface area contributed by atoms with Crippen molar-refractivity contribution in [2.75, 3.05) is 6.54 Å². The summed E-state index contributed by atoms with van der Waals surface area (Å²) in [4.78, 5) is 32.2. The molecule has 0 radical (unpaired) electrons. The third-order valence-corrected chi connectivity index (χ3v) is 5.74. The fourth-order valence-corrected chi connectivity index (χ4v) is 4.38. The zero-order valence-corrected chi connectivity index (χ0v) is 15.9. The molecule has 30 heavy (non-hydrogen) atoms. The van der Waals surface area contributed by atoms with E-state index in [-0.39, 0.29) is 36.9 Å². The molecule has 12 heteroatoms.